The predicted octanol–water partition coefficient (Wildman–Crippen LogP) is 9.39. The van der Waals surface area contributed by atoms with E-state index in [1.54, 1.807) is 49.4 Å². The van der Waals surface area contributed by atoms with E-state index in [1.165, 1.54) is 13.2 Å². The van der Waals surface area contributed by atoms with Gasteiger partial charge in [0.25, 0.3) is 0 Å². The fraction of sp³-hybridized carbons (Fsp3) is 0.0769. The Balaban J connectivity index is 0.000000160. The summed E-state index contributed by atoms with van der Waals surface area (Å²) in [5, 5.41) is 0.346. The molecule has 0 N–H and O–H groups in total. The highest BCUT2D eigenvalue weighted by Crippen LogP contribution is 2.36. The molecule has 262 valence electrons. The molecular formula is C39H27Cl2FN8O3. The standard InChI is InChI=1S/C23H16ClFN4O2.C16H11ClN4O/c1-30-21-16(24)10-9-15(18(21)25)22-27-19(17-8-5-11-31-17)20-23(28-22)29(13-26-20)12-14-6-3-2-4-7-14;17-16-19-13(12-7-4-8-22-12)14-15(20-16)21(10-18-14)9-11-5-2-1-3-6-11/h2-11,13H,12H2,1H3;1-8,10H,9H2. The van der Waals surface area contributed by atoms with Crippen molar-refractivity contribution in [1.82, 2.24) is 39.0 Å². The van der Waals surface area contributed by atoms with Crippen molar-refractivity contribution < 1.29 is 18.0 Å². The number of fused-ring (bicyclic) bond motifs is 2. The minimum Gasteiger partial charge on any atom is -0.492 e. The molecule has 9 aromatic rings. The van der Waals surface area contributed by atoms with Crippen LogP contribution in [0, 0.1) is 5.82 Å². The number of furan rings is 2. The van der Waals surface area contributed by atoms with Crippen molar-refractivity contribution in [2.24, 2.45) is 0 Å². The molecule has 0 aliphatic carbocycles. The summed E-state index contributed by atoms with van der Waals surface area (Å²) in [6.07, 6.45) is 6.59. The Morgan fingerprint density at radius 3 is 1.72 bits per heavy atom. The van der Waals surface area contributed by atoms with Gasteiger partial charge in [-0.2, -0.15) is 4.98 Å². The molecule has 0 spiro atoms. The number of ether oxygens (including phenoxy) is 1. The summed E-state index contributed by atoms with van der Waals surface area (Å²) in [6, 6.07) is 30.3. The van der Waals surface area contributed by atoms with E-state index in [9.17, 15) is 0 Å². The smallest absolute Gasteiger partial charge is 0.225 e. The maximum atomic E-state index is 15.1. The zero-order chi connectivity index (χ0) is 36.3. The number of hydrogen-bond donors (Lipinski definition) is 0. The molecule has 0 amide bonds. The van der Waals surface area contributed by atoms with Gasteiger partial charge in [-0.15, -0.1) is 0 Å². The molecule has 0 saturated carbocycles. The van der Waals surface area contributed by atoms with Crippen LogP contribution in [0.3, 0.4) is 0 Å². The quantitative estimate of drug-likeness (QED) is 0.140. The van der Waals surface area contributed by atoms with Crippen LogP contribution in [0.4, 0.5) is 4.39 Å². The summed E-state index contributed by atoms with van der Waals surface area (Å²) >= 11 is 12.1. The van der Waals surface area contributed by atoms with E-state index < -0.39 is 5.82 Å². The molecule has 0 aliphatic rings. The van der Waals surface area contributed by atoms with Gasteiger partial charge in [-0.05, 0) is 59.1 Å². The average molecular weight is 746 g/mol. The van der Waals surface area contributed by atoms with Crippen LogP contribution < -0.4 is 4.74 Å². The second-order valence-corrected chi connectivity index (χ2v) is 12.4. The molecule has 53 heavy (non-hydrogen) atoms. The van der Waals surface area contributed by atoms with E-state index in [1.807, 2.05) is 63.7 Å². The number of imidazole rings is 2. The van der Waals surface area contributed by atoms with Crippen LogP contribution in [0.1, 0.15) is 11.1 Å². The molecule has 6 aromatic heterocycles. The minimum atomic E-state index is -0.631. The average Bonchev–Trinajstić information content (AvgIpc) is 4.02. The second kappa shape index (κ2) is 14.7. The van der Waals surface area contributed by atoms with Gasteiger partial charge in [0, 0.05) is 0 Å². The van der Waals surface area contributed by atoms with E-state index >= 15 is 4.39 Å². The number of aromatic nitrogens is 8. The first-order valence-corrected chi connectivity index (χ1v) is 17.0. The molecule has 0 radical (unpaired) electrons. The van der Waals surface area contributed by atoms with Gasteiger partial charge in [0.15, 0.2) is 40.2 Å². The molecule has 6 heterocycles. The number of halogens is 3. The van der Waals surface area contributed by atoms with Crippen LogP contribution >= 0.6 is 23.2 Å². The highest BCUT2D eigenvalue weighted by molar-refractivity contribution is 6.32. The van der Waals surface area contributed by atoms with Crippen LogP contribution in [-0.4, -0.2) is 46.1 Å². The van der Waals surface area contributed by atoms with Crippen molar-refractivity contribution in [3.63, 3.8) is 0 Å². The lowest BCUT2D eigenvalue weighted by Gasteiger charge is -2.10. The van der Waals surface area contributed by atoms with Gasteiger partial charge in [-0.3, -0.25) is 0 Å². The van der Waals surface area contributed by atoms with Gasteiger partial charge in [-0.25, -0.2) is 29.3 Å². The van der Waals surface area contributed by atoms with Crippen LogP contribution in [0.15, 0.2) is 131 Å². The molecule has 9 rings (SSSR count). The number of rotatable bonds is 8. The minimum absolute atomic E-state index is 0.0554. The van der Waals surface area contributed by atoms with Gasteiger partial charge < -0.3 is 22.7 Å². The van der Waals surface area contributed by atoms with E-state index in [4.69, 9.17) is 36.8 Å². The summed E-state index contributed by atoms with van der Waals surface area (Å²) in [5.74, 6) is 0.634. The molecule has 0 fully saturated rings. The lowest BCUT2D eigenvalue weighted by molar-refractivity contribution is 0.387. The summed E-state index contributed by atoms with van der Waals surface area (Å²) in [5.41, 5.74) is 5.99. The van der Waals surface area contributed by atoms with Gasteiger partial charge in [0.2, 0.25) is 5.28 Å². The summed E-state index contributed by atoms with van der Waals surface area (Å²) < 4.78 is 35.1. The maximum Gasteiger partial charge on any atom is 0.225 e. The Bertz CT molecular complexity index is 2650. The maximum absolute atomic E-state index is 15.1. The monoisotopic (exact) mass is 744 g/mol. The molecule has 11 nitrogen and oxygen atoms in total. The SMILES string of the molecule is COc1c(Cl)ccc(-c2nc(-c3ccco3)c3ncn(Cc4ccccc4)c3n2)c1F.Clc1nc(-c2ccco2)c2ncn(Cc3ccccc3)c2n1. The normalized spacial score (nSPS) is 11.2. The Labute approximate surface area is 311 Å². The van der Waals surface area contributed by atoms with E-state index in [0.29, 0.717) is 58.3 Å². The Hall–Kier alpha value is -6.37. The highest BCUT2D eigenvalue weighted by Gasteiger charge is 2.22. The van der Waals surface area contributed by atoms with E-state index in [-0.39, 0.29) is 27.4 Å². The molecule has 0 bridgehead atoms. The lowest BCUT2D eigenvalue weighted by Crippen LogP contribution is -2.03. The third kappa shape index (κ3) is 6.85. The predicted molar refractivity (Wildman–Crippen MR) is 199 cm³/mol. The molecule has 0 saturated heterocycles. The summed E-state index contributed by atoms with van der Waals surface area (Å²) in [6.45, 7) is 1.22. The molecule has 14 heteroatoms. The molecule has 3 aromatic carbocycles. The van der Waals surface area contributed by atoms with Crippen molar-refractivity contribution in [1.29, 1.82) is 0 Å². The number of methoxy groups -OCH3 is 1. The molecule has 0 atom stereocenters. The van der Waals surface area contributed by atoms with Gasteiger partial charge >= 0.3 is 0 Å². The Morgan fingerprint density at radius 1 is 0.642 bits per heavy atom. The topological polar surface area (TPSA) is 123 Å². The Kier molecular flexibility index (Phi) is 9.36. The van der Waals surface area contributed by atoms with Crippen LogP contribution in [-0.2, 0) is 13.1 Å². The third-order valence-corrected chi connectivity index (χ3v) is 8.76. The fourth-order valence-electron chi connectivity index (χ4n) is 5.84. The second-order valence-electron chi connectivity index (χ2n) is 11.7. The van der Waals surface area contributed by atoms with Crippen LogP contribution in [0.25, 0.3) is 56.6 Å². The van der Waals surface area contributed by atoms with E-state index in [0.717, 1.165) is 11.1 Å². The first kappa shape index (κ1) is 33.8. The zero-order valence-corrected chi connectivity index (χ0v) is 29.4. The number of hydrogen-bond acceptors (Lipinski definition) is 9. The van der Waals surface area contributed by atoms with Crippen molar-refractivity contribution in [3.8, 4) is 40.0 Å². The molecule has 0 unspecified atom stereocenters. The van der Waals surface area contributed by atoms with Crippen molar-refractivity contribution in [2.75, 3.05) is 7.11 Å². The largest absolute Gasteiger partial charge is 0.492 e. The summed E-state index contributed by atoms with van der Waals surface area (Å²) in [7, 11) is 1.36. The molecular weight excluding hydrogens is 718 g/mol. The lowest BCUT2D eigenvalue weighted by atomic mass is 10.1. The zero-order valence-electron chi connectivity index (χ0n) is 27.9. The Morgan fingerprint density at radius 2 is 1.19 bits per heavy atom. The van der Waals surface area contributed by atoms with E-state index in [2.05, 4.69) is 42.0 Å². The highest BCUT2D eigenvalue weighted by atomic mass is 35.5. The first-order chi connectivity index (χ1) is 26.0. The summed E-state index contributed by atoms with van der Waals surface area (Å²) in [4.78, 5) is 26.7. The number of benzene rings is 3. The van der Waals surface area contributed by atoms with Crippen molar-refractivity contribution in [2.45, 2.75) is 13.1 Å². The molecule has 0 aliphatic heterocycles. The van der Waals surface area contributed by atoms with Crippen molar-refractivity contribution in [3.05, 3.63) is 149 Å². The van der Waals surface area contributed by atoms with Crippen LogP contribution in [0.5, 0.6) is 5.75 Å². The third-order valence-electron chi connectivity index (χ3n) is 8.30. The fourth-order valence-corrected chi connectivity index (χ4v) is 6.22. The van der Waals surface area contributed by atoms with Gasteiger partial charge in [-0.1, -0.05) is 72.3 Å². The van der Waals surface area contributed by atoms with Crippen LogP contribution in [0.2, 0.25) is 10.3 Å². The van der Waals surface area contributed by atoms with Gasteiger partial charge in [0.1, 0.15) is 22.4 Å². The first-order valence-electron chi connectivity index (χ1n) is 16.3. The number of nitrogens with zero attached hydrogens (tertiary/aromatic N) is 8. The van der Waals surface area contributed by atoms with Crippen molar-refractivity contribution >= 4 is 45.5 Å². The van der Waals surface area contributed by atoms with Gasteiger partial charge in [0.05, 0.1) is 56.0 Å².